The van der Waals surface area contributed by atoms with Gasteiger partial charge in [-0.2, -0.15) is 4.39 Å². The topological polar surface area (TPSA) is 29.5 Å². The SMILES string of the molecule is COc1ccc(C(=O)N2CCc3cc(C(C)=Cc4ccc(C)cc4)ccc32)c(F)c1F. The van der Waals surface area contributed by atoms with Gasteiger partial charge in [0.15, 0.2) is 11.6 Å². The molecule has 1 heterocycles. The van der Waals surface area contributed by atoms with Crippen molar-refractivity contribution in [2.24, 2.45) is 0 Å². The number of carbonyl (C=O) groups excluding carboxylic acids is 1. The molecule has 0 N–H and O–H groups in total. The molecule has 1 amide bonds. The van der Waals surface area contributed by atoms with E-state index in [1.807, 2.05) is 12.1 Å². The third kappa shape index (κ3) is 3.96. The fraction of sp³-hybridized carbons (Fsp3) is 0.192. The number of aryl methyl sites for hydroxylation is 1. The normalized spacial score (nSPS) is 13.3. The minimum Gasteiger partial charge on any atom is -0.494 e. The van der Waals surface area contributed by atoms with Gasteiger partial charge in [-0.3, -0.25) is 4.79 Å². The molecule has 0 bridgehead atoms. The fourth-order valence-corrected chi connectivity index (χ4v) is 3.85. The van der Waals surface area contributed by atoms with Gasteiger partial charge in [-0.1, -0.05) is 42.0 Å². The number of ether oxygens (including phenoxy) is 1. The number of halogens is 2. The molecule has 5 heteroatoms. The van der Waals surface area contributed by atoms with Crippen LogP contribution in [0.5, 0.6) is 5.75 Å². The van der Waals surface area contributed by atoms with Gasteiger partial charge < -0.3 is 9.64 Å². The van der Waals surface area contributed by atoms with Gasteiger partial charge in [0.2, 0.25) is 5.82 Å². The summed E-state index contributed by atoms with van der Waals surface area (Å²) < 4.78 is 33.3. The predicted molar refractivity (Wildman–Crippen MR) is 119 cm³/mol. The Balaban J connectivity index is 1.61. The molecule has 0 aliphatic carbocycles. The number of nitrogens with zero attached hydrogens (tertiary/aromatic N) is 1. The van der Waals surface area contributed by atoms with Gasteiger partial charge in [-0.25, -0.2) is 4.39 Å². The highest BCUT2D eigenvalue weighted by Crippen LogP contribution is 2.33. The predicted octanol–water partition coefficient (Wildman–Crippen LogP) is 6.05. The summed E-state index contributed by atoms with van der Waals surface area (Å²) in [5.41, 5.74) is 5.95. The first-order valence-corrected chi connectivity index (χ1v) is 10.1. The molecule has 0 saturated heterocycles. The summed E-state index contributed by atoms with van der Waals surface area (Å²) in [6, 6.07) is 16.7. The molecule has 1 aliphatic heterocycles. The second-order valence-electron chi connectivity index (χ2n) is 7.73. The van der Waals surface area contributed by atoms with Crippen LogP contribution < -0.4 is 9.64 Å². The fourth-order valence-electron chi connectivity index (χ4n) is 3.85. The van der Waals surface area contributed by atoms with Gasteiger partial charge in [-0.05, 0) is 66.8 Å². The van der Waals surface area contributed by atoms with E-state index in [1.165, 1.54) is 29.7 Å². The molecule has 3 nitrogen and oxygen atoms in total. The number of carbonyl (C=O) groups is 1. The largest absolute Gasteiger partial charge is 0.494 e. The maximum atomic E-state index is 14.4. The van der Waals surface area contributed by atoms with Crippen molar-refractivity contribution in [3.05, 3.63) is 94.0 Å². The van der Waals surface area contributed by atoms with Gasteiger partial charge in [-0.15, -0.1) is 0 Å². The van der Waals surface area contributed by atoms with Crippen molar-refractivity contribution in [3.63, 3.8) is 0 Å². The summed E-state index contributed by atoms with van der Waals surface area (Å²) in [4.78, 5) is 14.4. The van der Waals surface area contributed by atoms with E-state index < -0.39 is 17.5 Å². The quantitative estimate of drug-likeness (QED) is 0.482. The molecule has 0 aromatic heterocycles. The summed E-state index contributed by atoms with van der Waals surface area (Å²) >= 11 is 0. The number of hydrogen-bond acceptors (Lipinski definition) is 2. The molecular weight excluding hydrogens is 396 g/mol. The van der Waals surface area contributed by atoms with Crippen LogP contribution in [0.1, 0.15) is 39.5 Å². The molecule has 0 radical (unpaired) electrons. The minimum atomic E-state index is -1.19. The second-order valence-corrected chi connectivity index (χ2v) is 7.73. The van der Waals surface area contributed by atoms with Crippen LogP contribution in [-0.4, -0.2) is 19.6 Å². The number of anilines is 1. The van der Waals surface area contributed by atoms with Crippen LogP contribution in [0.25, 0.3) is 11.6 Å². The van der Waals surface area contributed by atoms with Gasteiger partial charge in [0, 0.05) is 12.2 Å². The van der Waals surface area contributed by atoms with Crippen molar-refractivity contribution in [2.75, 3.05) is 18.6 Å². The zero-order valence-corrected chi connectivity index (χ0v) is 17.7. The van der Waals surface area contributed by atoms with E-state index in [1.54, 1.807) is 0 Å². The molecule has 0 atom stereocenters. The first-order chi connectivity index (χ1) is 14.9. The third-order valence-corrected chi connectivity index (χ3v) is 5.63. The lowest BCUT2D eigenvalue weighted by molar-refractivity contribution is 0.0984. The summed E-state index contributed by atoms with van der Waals surface area (Å²) in [6.07, 6.45) is 2.78. The number of fused-ring (bicyclic) bond motifs is 1. The van der Waals surface area contributed by atoms with Crippen LogP contribution in [0.2, 0.25) is 0 Å². The Morgan fingerprint density at radius 3 is 2.48 bits per heavy atom. The lowest BCUT2D eigenvalue weighted by atomic mass is 10.0. The van der Waals surface area contributed by atoms with E-state index in [2.05, 4.69) is 50.3 Å². The van der Waals surface area contributed by atoms with E-state index in [0.29, 0.717) is 13.0 Å². The molecule has 0 unspecified atom stereocenters. The van der Waals surface area contributed by atoms with Crippen LogP contribution in [-0.2, 0) is 6.42 Å². The smallest absolute Gasteiger partial charge is 0.261 e. The highest BCUT2D eigenvalue weighted by Gasteiger charge is 2.29. The lowest BCUT2D eigenvalue weighted by Gasteiger charge is -2.18. The van der Waals surface area contributed by atoms with Crippen LogP contribution in [0, 0.1) is 18.6 Å². The van der Waals surface area contributed by atoms with Gasteiger partial charge in [0.05, 0.1) is 12.7 Å². The summed E-state index contributed by atoms with van der Waals surface area (Å²) in [6.45, 7) is 4.53. The van der Waals surface area contributed by atoms with Gasteiger partial charge in [0.25, 0.3) is 5.91 Å². The summed E-state index contributed by atoms with van der Waals surface area (Å²) in [5, 5.41) is 0. The Morgan fingerprint density at radius 2 is 1.77 bits per heavy atom. The molecular formula is C26H23F2NO2. The van der Waals surface area contributed by atoms with E-state index in [9.17, 15) is 13.6 Å². The van der Waals surface area contributed by atoms with Gasteiger partial charge in [0.1, 0.15) is 0 Å². The number of allylic oxidation sites excluding steroid dienone is 1. The minimum absolute atomic E-state index is 0.226. The monoisotopic (exact) mass is 419 g/mol. The van der Waals surface area contributed by atoms with Gasteiger partial charge >= 0.3 is 0 Å². The maximum Gasteiger partial charge on any atom is 0.261 e. The molecule has 3 aromatic rings. The van der Waals surface area contributed by atoms with Crippen molar-refractivity contribution in [1.29, 1.82) is 0 Å². The van der Waals surface area contributed by atoms with Crippen LogP contribution in [0.15, 0.2) is 54.6 Å². The maximum absolute atomic E-state index is 14.4. The number of amides is 1. The average molecular weight is 419 g/mol. The van der Waals surface area contributed by atoms with E-state index in [-0.39, 0.29) is 11.3 Å². The molecule has 31 heavy (non-hydrogen) atoms. The van der Waals surface area contributed by atoms with Crippen LogP contribution >= 0.6 is 0 Å². The molecule has 3 aromatic carbocycles. The van der Waals surface area contributed by atoms with E-state index >= 15 is 0 Å². The van der Waals surface area contributed by atoms with Crippen LogP contribution in [0.3, 0.4) is 0 Å². The standard InChI is InChI=1S/C26H23F2NO2/c1-16-4-6-18(7-5-16)14-17(2)19-8-10-22-20(15-19)12-13-29(22)26(30)21-9-11-23(31-3)25(28)24(21)27/h4-11,14-15H,12-13H2,1-3H3. The number of rotatable bonds is 4. The highest BCUT2D eigenvalue weighted by molar-refractivity contribution is 6.07. The van der Waals surface area contributed by atoms with E-state index in [0.717, 1.165) is 28.0 Å². The Kier molecular flexibility index (Phi) is 5.59. The van der Waals surface area contributed by atoms with E-state index in [4.69, 9.17) is 4.74 Å². The van der Waals surface area contributed by atoms with Crippen molar-refractivity contribution < 1.29 is 18.3 Å². The zero-order valence-electron chi connectivity index (χ0n) is 17.7. The average Bonchev–Trinajstić information content (AvgIpc) is 3.20. The molecule has 0 saturated carbocycles. The Bertz CT molecular complexity index is 1180. The number of benzene rings is 3. The molecule has 1 aliphatic rings. The van der Waals surface area contributed by atoms with Crippen LogP contribution in [0.4, 0.5) is 14.5 Å². The molecule has 0 fully saturated rings. The van der Waals surface area contributed by atoms with Crippen molar-refractivity contribution in [2.45, 2.75) is 20.3 Å². The zero-order chi connectivity index (χ0) is 22.1. The first-order valence-electron chi connectivity index (χ1n) is 10.1. The molecule has 4 rings (SSSR count). The third-order valence-electron chi connectivity index (χ3n) is 5.63. The molecule has 0 spiro atoms. The first kappa shape index (κ1) is 20.8. The van der Waals surface area contributed by atoms with Crippen molar-refractivity contribution in [1.82, 2.24) is 0 Å². The Hall–Kier alpha value is -3.47. The number of hydrogen-bond donors (Lipinski definition) is 0. The lowest BCUT2D eigenvalue weighted by Crippen LogP contribution is -2.30. The second kappa shape index (κ2) is 8.34. The summed E-state index contributed by atoms with van der Waals surface area (Å²) in [5.74, 6) is -3.12. The number of methoxy groups -OCH3 is 1. The Labute approximate surface area is 180 Å². The molecule has 158 valence electrons. The summed E-state index contributed by atoms with van der Waals surface area (Å²) in [7, 11) is 1.25. The highest BCUT2D eigenvalue weighted by atomic mass is 19.2. The van der Waals surface area contributed by atoms with Crippen molar-refractivity contribution >= 4 is 23.2 Å². The Morgan fingerprint density at radius 1 is 1.03 bits per heavy atom. The van der Waals surface area contributed by atoms with Crippen molar-refractivity contribution in [3.8, 4) is 5.75 Å².